The Hall–Kier alpha value is -1.58. The first kappa shape index (κ1) is 16.3. The zero-order valence-electron chi connectivity index (χ0n) is 12.9. The van der Waals surface area contributed by atoms with Crippen LogP contribution in [0.25, 0.3) is 4.96 Å². The molecule has 0 saturated carbocycles. The molecule has 6 nitrogen and oxygen atoms in total. The minimum atomic E-state index is -3.76. The summed E-state index contributed by atoms with van der Waals surface area (Å²) >= 11 is 2.96. The highest BCUT2D eigenvalue weighted by Crippen LogP contribution is 2.25. The Morgan fingerprint density at radius 3 is 2.87 bits per heavy atom. The van der Waals surface area contributed by atoms with Crippen LogP contribution in [-0.4, -0.2) is 29.3 Å². The largest absolute Gasteiger partial charge is 0.281 e. The van der Waals surface area contributed by atoms with Crippen LogP contribution in [-0.2, 0) is 16.4 Å². The number of hydrogen-bond acceptors (Lipinski definition) is 6. The summed E-state index contributed by atoms with van der Waals surface area (Å²) in [6.07, 6.45) is 2.69. The molecule has 1 N–H and O–H groups in total. The number of rotatable bonds is 5. The van der Waals surface area contributed by atoms with Crippen molar-refractivity contribution >= 4 is 43.8 Å². The number of thioether (sulfide) groups is 1. The molecule has 3 rings (SSSR count). The lowest BCUT2D eigenvalue weighted by Gasteiger charge is -2.08. The van der Waals surface area contributed by atoms with Gasteiger partial charge >= 0.3 is 0 Å². The SMILES string of the molecule is CCc1nn2c(S(=O)(=O)Nc3cccc(SC)c3)c(C)nc2s1. The van der Waals surface area contributed by atoms with Gasteiger partial charge in [-0.1, -0.05) is 24.3 Å². The second-order valence-corrected chi connectivity index (χ2v) is 8.40. The zero-order valence-corrected chi connectivity index (χ0v) is 15.3. The van der Waals surface area contributed by atoms with E-state index >= 15 is 0 Å². The Morgan fingerprint density at radius 1 is 1.39 bits per heavy atom. The van der Waals surface area contributed by atoms with Gasteiger partial charge in [-0.2, -0.15) is 18.0 Å². The highest BCUT2D eigenvalue weighted by Gasteiger charge is 2.25. The molecule has 0 aliphatic rings. The number of imidazole rings is 1. The first-order valence-corrected chi connectivity index (χ1v) is 10.5. The van der Waals surface area contributed by atoms with Crippen molar-refractivity contribution in [2.45, 2.75) is 30.2 Å². The number of sulfonamides is 1. The molecule has 0 radical (unpaired) electrons. The number of benzene rings is 1. The number of hydrogen-bond donors (Lipinski definition) is 1. The van der Waals surface area contributed by atoms with Crippen molar-refractivity contribution in [1.82, 2.24) is 14.6 Å². The summed E-state index contributed by atoms with van der Waals surface area (Å²) in [7, 11) is -3.76. The van der Waals surface area contributed by atoms with Crippen molar-refractivity contribution in [3.8, 4) is 0 Å². The normalized spacial score (nSPS) is 12.0. The van der Waals surface area contributed by atoms with E-state index in [9.17, 15) is 8.42 Å². The molecule has 3 aromatic rings. The van der Waals surface area contributed by atoms with Crippen molar-refractivity contribution in [2.75, 3.05) is 11.0 Å². The number of anilines is 1. The van der Waals surface area contributed by atoms with Crippen molar-refractivity contribution < 1.29 is 8.42 Å². The highest BCUT2D eigenvalue weighted by molar-refractivity contribution is 7.98. The molecule has 0 bridgehead atoms. The van der Waals surface area contributed by atoms with Crippen LogP contribution in [0.2, 0.25) is 0 Å². The molecular weight excluding hydrogens is 352 g/mol. The van der Waals surface area contributed by atoms with Crippen LogP contribution in [0.3, 0.4) is 0 Å². The average Bonchev–Trinajstić information content (AvgIpc) is 3.02. The molecular formula is C14H16N4O2S3. The van der Waals surface area contributed by atoms with Gasteiger partial charge in [-0.3, -0.25) is 4.72 Å². The monoisotopic (exact) mass is 368 g/mol. The summed E-state index contributed by atoms with van der Waals surface area (Å²) in [5.41, 5.74) is 0.970. The summed E-state index contributed by atoms with van der Waals surface area (Å²) in [6.45, 7) is 3.66. The van der Waals surface area contributed by atoms with Crippen LogP contribution in [0.4, 0.5) is 5.69 Å². The van der Waals surface area contributed by atoms with Crippen LogP contribution in [0.15, 0.2) is 34.2 Å². The van der Waals surface area contributed by atoms with Gasteiger partial charge in [0.25, 0.3) is 10.0 Å². The lowest BCUT2D eigenvalue weighted by Crippen LogP contribution is -2.16. The van der Waals surface area contributed by atoms with Crippen molar-refractivity contribution in [1.29, 1.82) is 0 Å². The molecule has 0 saturated heterocycles. The van der Waals surface area contributed by atoms with Crippen LogP contribution in [0.5, 0.6) is 0 Å². The summed E-state index contributed by atoms with van der Waals surface area (Å²) in [6, 6.07) is 7.27. The summed E-state index contributed by atoms with van der Waals surface area (Å²) in [4.78, 5) is 5.90. The Morgan fingerprint density at radius 2 is 2.17 bits per heavy atom. The number of aromatic nitrogens is 3. The van der Waals surface area contributed by atoms with E-state index in [-0.39, 0.29) is 5.03 Å². The van der Waals surface area contributed by atoms with Gasteiger partial charge in [0.05, 0.1) is 5.69 Å². The third-order valence-corrected chi connectivity index (χ3v) is 6.51. The molecule has 2 heterocycles. The molecule has 23 heavy (non-hydrogen) atoms. The minimum Gasteiger partial charge on any atom is -0.278 e. The van der Waals surface area contributed by atoms with E-state index in [1.165, 1.54) is 15.9 Å². The Bertz CT molecular complexity index is 960. The van der Waals surface area contributed by atoms with E-state index in [2.05, 4.69) is 14.8 Å². The van der Waals surface area contributed by atoms with E-state index in [0.717, 1.165) is 16.3 Å². The van der Waals surface area contributed by atoms with Gasteiger partial charge < -0.3 is 0 Å². The third kappa shape index (κ3) is 3.08. The van der Waals surface area contributed by atoms with E-state index in [4.69, 9.17) is 0 Å². The molecule has 0 aliphatic heterocycles. The summed E-state index contributed by atoms with van der Waals surface area (Å²) in [5, 5.41) is 5.29. The molecule has 122 valence electrons. The van der Waals surface area contributed by atoms with Gasteiger partial charge in [0, 0.05) is 10.6 Å². The van der Waals surface area contributed by atoms with Gasteiger partial charge in [-0.15, -0.1) is 11.8 Å². The predicted molar refractivity (Wildman–Crippen MR) is 94.0 cm³/mol. The van der Waals surface area contributed by atoms with Gasteiger partial charge in [0.2, 0.25) is 9.99 Å². The number of aryl methyl sites for hydroxylation is 2. The summed E-state index contributed by atoms with van der Waals surface area (Å²) in [5.74, 6) is 0. The fraction of sp³-hybridized carbons (Fsp3) is 0.286. The van der Waals surface area contributed by atoms with Gasteiger partial charge in [-0.05, 0) is 37.8 Å². The molecule has 0 atom stereocenters. The quantitative estimate of drug-likeness (QED) is 0.700. The van der Waals surface area contributed by atoms with Crippen LogP contribution in [0.1, 0.15) is 17.6 Å². The van der Waals surface area contributed by atoms with E-state index in [1.54, 1.807) is 30.8 Å². The second kappa shape index (κ2) is 6.14. The molecule has 0 amide bonds. The fourth-order valence-corrected chi connectivity index (χ4v) is 4.93. The zero-order chi connectivity index (χ0) is 16.6. The summed E-state index contributed by atoms with van der Waals surface area (Å²) < 4.78 is 29.6. The van der Waals surface area contributed by atoms with E-state index in [0.29, 0.717) is 16.3 Å². The molecule has 1 aromatic carbocycles. The lowest BCUT2D eigenvalue weighted by atomic mass is 10.3. The predicted octanol–water partition coefficient (Wildman–Crippen LogP) is 3.18. The maximum absolute atomic E-state index is 12.8. The van der Waals surface area contributed by atoms with Crippen LogP contribution >= 0.6 is 23.1 Å². The molecule has 0 aliphatic carbocycles. The number of nitrogens with one attached hydrogen (secondary N) is 1. The molecule has 9 heteroatoms. The molecule has 2 aromatic heterocycles. The van der Waals surface area contributed by atoms with Crippen molar-refractivity contribution in [3.63, 3.8) is 0 Å². The van der Waals surface area contributed by atoms with Crippen molar-refractivity contribution in [2.24, 2.45) is 0 Å². The van der Waals surface area contributed by atoms with Crippen LogP contribution < -0.4 is 4.72 Å². The number of fused-ring (bicyclic) bond motifs is 1. The van der Waals surface area contributed by atoms with E-state index < -0.39 is 10.0 Å². The molecule has 0 unspecified atom stereocenters. The van der Waals surface area contributed by atoms with Crippen LogP contribution in [0, 0.1) is 6.92 Å². The average molecular weight is 369 g/mol. The third-order valence-electron chi connectivity index (χ3n) is 3.25. The minimum absolute atomic E-state index is 0.0954. The standard InChI is InChI=1S/C14H16N4O2S3/c1-4-12-16-18-13(9(2)15-14(18)22-12)23(19,20)17-10-6-5-7-11(8-10)21-3/h5-8,17H,4H2,1-3H3. The second-order valence-electron chi connectivity index (χ2n) is 4.88. The maximum Gasteiger partial charge on any atom is 0.281 e. The maximum atomic E-state index is 12.8. The first-order chi connectivity index (χ1) is 10.9. The highest BCUT2D eigenvalue weighted by atomic mass is 32.2. The fourth-order valence-electron chi connectivity index (χ4n) is 2.21. The Labute approximate surface area is 143 Å². The topological polar surface area (TPSA) is 76.4 Å². The first-order valence-electron chi connectivity index (χ1n) is 6.96. The van der Waals surface area contributed by atoms with Gasteiger partial charge in [0.1, 0.15) is 5.01 Å². The van der Waals surface area contributed by atoms with E-state index in [1.807, 2.05) is 25.3 Å². The smallest absolute Gasteiger partial charge is 0.278 e. The van der Waals surface area contributed by atoms with Crippen molar-refractivity contribution in [3.05, 3.63) is 35.0 Å². The Balaban J connectivity index is 2.05. The number of nitrogens with zero attached hydrogens (tertiary/aromatic N) is 3. The van der Waals surface area contributed by atoms with Gasteiger partial charge in [-0.25, -0.2) is 4.98 Å². The van der Waals surface area contributed by atoms with Gasteiger partial charge in [0.15, 0.2) is 0 Å². The Kier molecular flexibility index (Phi) is 4.35. The molecule has 0 spiro atoms. The molecule has 0 fully saturated rings. The lowest BCUT2D eigenvalue weighted by molar-refractivity contribution is 0.592.